The number of aromatic nitrogens is 2. The van der Waals surface area contributed by atoms with Crippen LogP contribution in [0.1, 0.15) is 46.6 Å². The molecule has 0 spiro atoms. The first-order valence-corrected chi connectivity index (χ1v) is 7.21. The Labute approximate surface area is 111 Å². The molecule has 1 unspecified atom stereocenters. The van der Waals surface area contributed by atoms with E-state index < -0.39 is 0 Å². The summed E-state index contributed by atoms with van der Waals surface area (Å²) in [6.45, 7) is 13.2. The van der Waals surface area contributed by atoms with Crippen LogP contribution >= 0.6 is 0 Å². The number of nitrogens with zero attached hydrogens (tertiary/aromatic N) is 3. The van der Waals surface area contributed by atoms with E-state index in [1.54, 1.807) is 0 Å². The van der Waals surface area contributed by atoms with Crippen LogP contribution in [-0.2, 0) is 0 Å². The fourth-order valence-corrected chi connectivity index (χ4v) is 2.13. The van der Waals surface area contributed by atoms with E-state index in [9.17, 15) is 0 Å². The number of imidazole rings is 1. The summed E-state index contributed by atoms with van der Waals surface area (Å²) >= 11 is 0. The number of anilines is 1. The lowest BCUT2D eigenvalue weighted by molar-refractivity contribution is 0.262. The van der Waals surface area contributed by atoms with Crippen LogP contribution in [0.25, 0.3) is 0 Å². The molecular weight excluding hydrogens is 224 g/mol. The van der Waals surface area contributed by atoms with Crippen LogP contribution in [0, 0.1) is 0 Å². The molecule has 0 aliphatic rings. The molecule has 0 saturated carbocycles. The van der Waals surface area contributed by atoms with Crippen LogP contribution in [0.15, 0.2) is 12.4 Å². The van der Waals surface area contributed by atoms with E-state index >= 15 is 0 Å². The summed E-state index contributed by atoms with van der Waals surface area (Å²) in [4.78, 5) is 6.85. The molecule has 4 nitrogen and oxygen atoms in total. The van der Waals surface area contributed by atoms with Crippen molar-refractivity contribution < 1.29 is 0 Å². The smallest absolute Gasteiger partial charge is 0.203 e. The van der Waals surface area contributed by atoms with Gasteiger partial charge in [0.2, 0.25) is 5.95 Å². The summed E-state index contributed by atoms with van der Waals surface area (Å²) in [5, 5.41) is 3.42. The van der Waals surface area contributed by atoms with Gasteiger partial charge in [-0.3, -0.25) is 0 Å². The fraction of sp³-hybridized carbons (Fsp3) is 0.786. The van der Waals surface area contributed by atoms with Crippen LogP contribution in [0.4, 0.5) is 5.95 Å². The number of unbranched alkanes of at least 4 members (excludes halogenated alkanes) is 1. The van der Waals surface area contributed by atoms with Gasteiger partial charge in [0.1, 0.15) is 0 Å². The van der Waals surface area contributed by atoms with Crippen molar-refractivity contribution in [3.8, 4) is 0 Å². The number of hydrogen-bond acceptors (Lipinski definition) is 3. The molecule has 18 heavy (non-hydrogen) atoms. The third-order valence-corrected chi connectivity index (χ3v) is 3.37. The highest BCUT2D eigenvalue weighted by molar-refractivity contribution is 5.26. The minimum atomic E-state index is 0.455. The lowest BCUT2D eigenvalue weighted by Crippen LogP contribution is -2.29. The van der Waals surface area contributed by atoms with Crippen LogP contribution in [0.2, 0.25) is 0 Å². The molecule has 104 valence electrons. The molecule has 0 aromatic carbocycles. The maximum Gasteiger partial charge on any atom is 0.203 e. The largest absolute Gasteiger partial charge is 0.356 e. The first-order chi connectivity index (χ1) is 8.72. The van der Waals surface area contributed by atoms with Crippen LogP contribution in [0.3, 0.4) is 0 Å². The molecule has 1 N–H and O–H groups in total. The highest BCUT2D eigenvalue weighted by Crippen LogP contribution is 2.14. The summed E-state index contributed by atoms with van der Waals surface area (Å²) in [6.07, 6.45) is 6.36. The Morgan fingerprint density at radius 3 is 2.67 bits per heavy atom. The van der Waals surface area contributed by atoms with E-state index in [0.29, 0.717) is 6.04 Å². The molecule has 0 bridgehead atoms. The van der Waals surface area contributed by atoms with E-state index in [-0.39, 0.29) is 0 Å². The van der Waals surface area contributed by atoms with Crippen molar-refractivity contribution in [3.63, 3.8) is 0 Å². The maximum atomic E-state index is 4.40. The average molecular weight is 252 g/mol. The maximum absolute atomic E-state index is 4.40. The average Bonchev–Trinajstić information content (AvgIpc) is 2.84. The van der Waals surface area contributed by atoms with Gasteiger partial charge in [-0.05, 0) is 26.4 Å². The third-order valence-electron chi connectivity index (χ3n) is 3.37. The minimum absolute atomic E-state index is 0.455. The van der Waals surface area contributed by atoms with Crippen molar-refractivity contribution in [1.82, 2.24) is 14.5 Å². The minimum Gasteiger partial charge on any atom is -0.356 e. The number of hydrogen-bond donors (Lipinski definition) is 1. The molecule has 1 rings (SSSR count). The van der Waals surface area contributed by atoms with Crippen LogP contribution in [-0.4, -0.2) is 40.6 Å². The quantitative estimate of drug-likeness (QED) is 0.686. The monoisotopic (exact) mass is 252 g/mol. The lowest BCUT2D eigenvalue weighted by atomic mass is 10.3. The molecular formula is C14H28N4. The molecule has 1 aromatic heterocycles. The van der Waals surface area contributed by atoms with E-state index in [1.807, 2.05) is 6.20 Å². The van der Waals surface area contributed by atoms with E-state index in [1.165, 1.54) is 12.8 Å². The van der Waals surface area contributed by atoms with Crippen LogP contribution < -0.4 is 5.32 Å². The molecule has 0 saturated heterocycles. The summed E-state index contributed by atoms with van der Waals surface area (Å²) in [6, 6.07) is 0.455. The van der Waals surface area contributed by atoms with Gasteiger partial charge < -0.3 is 14.8 Å². The molecule has 0 aliphatic carbocycles. The van der Waals surface area contributed by atoms with Gasteiger partial charge in [0, 0.05) is 31.5 Å². The Kier molecular flexibility index (Phi) is 6.80. The van der Waals surface area contributed by atoms with Crippen molar-refractivity contribution in [2.45, 2.75) is 46.6 Å². The Bertz CT molecular complexity index is 317. The molecule has 1 aromatic rings. The molecule has 0 aliphatic heterocycles. The molecule has 0 amide bonds. The fourth-order valence-electron chi connectivity index (χ4n) is 2.13. The zero-order valence-corrected chi connectivity index (χ0v) is 12.3. The van der Waals surface area contributed by atoms with E-state index in [2.05, 4.69) is 53.7 Å². The van der Waals surface area contributed by atoms with Gasteiger partial charge in [0.05, 0.1) is 0 Å². The predicted octanol–water partition coefficient (Wildman–Crippen LogP) is 3.00. The second kappa shape index (κ2) is 8.14. The van der Waals surface area contributed by atoms with Crippen molar-refractivity contribution >= 4 is 5.95 Å². The molecule has 1 atom stereocenters. The predicted molar refractivity (Wildman–Crippen MR) is 78.1 cm³/mol. The first-order valence-electron chi connectivity index (χ1n) is 7.21. The Morgan fingerprint density at radius 2 is 2.06 bits per heavy atom. The van der Waals surface area contributed by atoms with Crippen molar-refractivity contribution in [3.05, 3.63) is 12.4 Å². The Morgan fingerprint density at radius 1 is 1.33 bits per heavy atom. The van der Waals surface area contributed by atoms with Gasteiger partial charge >= 0.3 is 0 Å². The number of likely N-dealkylation sites (N-methyl/N-ethyl adjacent to an activating group) is 1. The summed E-state index contributed by atoms with van der Waals surface area (Å²) in [7, 11) is 0. The lowest BCUT2D eigenvalue weighted by Gasteiger charge is -2.24. The van der Waals surface area contributed by atoms with E-state index in [0.717, 1.165) is 32.1 Å². The highest BCUT2D eigenvalue weighted by Gasteiger charge is 2.12. The van der Waals surface area contributed by atoms with E-state index in [4.69, 9.17) is 0 Å². The zero-order chi connectivity index (χ0) is 13.4. The summed E-state index contributed by atoms with van der Waals surface area (Å²) < 4.78 is 2.24. The topological polar surface area (TPSA) is 33.1 Å². The van der Waals surface area contributed by atoms with Gasteiger partial charge in [-0.2, -0.15) is 0 Å². The van der Waals surface area contributed by atoms with Crippen molar-refractivity contribution in [2.75, 3.05) is 31.5 Å². The zero-order valence-electron chi connectivity index (χ0n) is 12.3. The van der Waals surface area contributed by atoms with Gasteiger partial charge in [-0.25, -0.2) is 4.98 Å². The van der Waals surface area contributed by atoms with Gasteiger partial charge in [-0.15, -0.1) is 0 Å². The molecule has 1 heterocycles. The Balaban J connectivity index is 2.56. The highest BCUT2D eigenvalue weighted by atomic mass is 15.2. The first kappa shape index (κ1) is 15.0. The van der Waals surface area contributed by atoms with Gasteiger partial charge in [-0.1, -0.05) is 27.2 Å². The third kappa shape index (κ3) is 4.33. The molecule has 0 fully saturated rings. The van der Waals surface area contributed by atoms with Gasteiger partial charge in [0.15, 0.2) is 0 Å². The summed E-state index contributed by atoms with van der Waals surface area (Å²) in [5.41, 5.74) is 0. The number of nitrogens with one attached hydrogen (secondary N) is 1. The summed E-state index contributed by atoms with van der Waals surface area (Å²) in [5.74, 6) is 1.00. The van der Waals surface area contributed by atoms with Crippen molar-refractivity contribution in [2.24, 2.45) is 0 Å². The van der Waals surface area contributed by atoms with Crippen LogP contribution in [0.5, 0.6) is 0 Å². The van der Waals surface area contributed by atoms with Gasteiger partial charge in [0.25, 0.3) is 0 Å². The molecule has 4 heteroatoms. The second-order valence-electron chi connectivity index (χ2n) is 4.77. The SMILES string of the molecule is CCCCNc1nccn1C(C)CN(CC)CC. The second-order valence-corrected chi connectivity index (χ2v) is 4.77. The standard InChI is InChI=1S/C14H28N4/c1-5-8-9-15-14-16-10-11-18(14)13(4)12-17(6-2)7-3/h10-11,13H,5-9,12H2,1-4H3,(H,15,16). The van der Waals surface area contributed by atoms with Crippen molar-refractivity contribution in [1.29, 1.82) is 0 Å². The normalized spacial score (nSPS) is 12.9. The number of rotatable bonds is 9. The molecule has 0 radical (unpaired) electrons. The Hall–Kier alpha value is -1.03.